The van der Waals surface area contributed by atoms with Crippen molar-refractivity contribution >= 4 is 17.6 Å². The largest absolute Gasteiger partial charge is 0.477 e. The first-order valence-corrected chi connectivity index (χ1v) is 3.81. The molecule has 0 aliphatic carbocycles. The summed E-state index contributed by atoms with van der Waals surface area (Å²) in [4.78, 5) is 10.5. The van der Waals surface area contributed by atoms with Crippen LogP contribution in [-0.4, -0.2) is 31.5 Å². The molecule has 0 bridgehead atoms. The van der Waals surface area contributed by atoms with Gasteiger partial charge in [0.1, 0.15) is 11.5 Å². The third-order valence-corrected chi connectivity index (χ3v) is 1.57. The van der Waals surface area contributed by atoms with Crippen LogP contribution in [0.5, 0.6) is 0 Å². The van der Waals surface area contributed by atoms with E-state index in [0.717, 1.165) is 0 Å². The summed E-state index contributed by atoms with van der Waals surface area (Å²) in [7, 11) is 0. The summed E-state index contributed by atoms with van der Waals surface area (Å²) in [5.41, 5.74) is 0.0343. The van der Waals surface area contributed by atoms with Crippen molar-refractivity contribution in [3.05, 3.63) is 24.0 Å². The Labute approximate surface area is 78.2 Å². The third-order valence-electron chi connectivity index (χ3n) is 1.57. The molecule has 14 heavy (non-hydrogen) atoms. The molecule has 7 nitrogen and oxygen atoms in total. The Hall–Kier alpha value is -2.31. The van der Waals surface area contributed by atoms with E-state index in [2.05, 4.69) is 25.7 Å². The van der Waals surface area contributed by atoms with E-state index in [-0.39, 0.29) is 5.69 Å². The highest BCUT2D eigenvalue weighted by atomic mass is 16.4. The number of hydrogen-bond donors (Lipinski definition) is 4. The lowest BCUT2D eigenvalue weighted by molar-refractivity contribution is 0.0690. The maximum Gasteiger partial charge on any atom is 0.353 e. The monoisotopic (exact) mass is 193 g/mol. The van der Waals surface area contributed by atoms with Gasteiger partial charge < -0.3 is 10.4 Å². The van der Waals surface area contributed by atoms with Gasteiger partial charge in [-0.15, -0.1) is 0 Å². The van der Waals surface area contributed by atoms with Gasteiger partial charge in [0.2, 0.25) is 0 Å². The van der Waals surface area contributed by atoms with Crippen molar-refractivity contribution in [2.24, 2.45) is 0 Å². The lowest BCUT2D eigenvalue weighted by atomic mass is 10.4. The topological polar surface area (TPSA) is 107 Å². The number of carbonyl (C=O) groups is 1. The van der Waals surface area contributed by atoms with Gasteiger partial charge in [-0.05, 0) is 0 Å². The minimum atomic E-state index is -1.05. The molecule has 72 valence electrons. The normalized spacial score (nSPS) is 10.0. The molecule has 2 heterocycles. The predicted molar refractivity (Wildman–Crippen MR) is 47.4 cm³/mol. The molecule has 0 amide bonds. The van der Waals surface area contributed by atoms with Crippen LogP contribution in [-0.2, 0) is 0 Å². The zero-order chi connectivity index (χ0) is 9.97. The number of H-pyrrole nitrogens is 2. The molecule has 0 aromatic carbocycles. The second-order valence-corrected chi connectivity index (χ2v) is 2.57. The summed E-state index contributed by atoms with van der Waals surface area (Å²) >= 11 is 0. The quantitative estimate of drug-likeness (QED) is 0.570. The minimum Gasteiger partial charge on any atom is -0.477 e. The van der Waals surface area contributed by atoms with Gasteiger partial charge in [0.25, 0.3) is 0 Å². The first-order valence-electron chi connectivity index (χ1n) is 3.81. The van der Waals surface area contributed by atoms with Crippen LogP contribution in [0.15, 0.2) is 18.3 Å². The second-order valence-electron chi connectivity index (χ2n) is 2.57. The average molecular weight is 193 g/mol. The lowest BCUT2D eigenvalue weighted by Gasteiger charge is -1.94. The summed E-state index contributed by atoms with van der Waals surface area (Å²) in [6.45, 7) is 0. The number of carboxylic acid groups (broad SMARTS) is 1. The number of aromatic carboxylic acids is 1. The summed E-state index contributed by atoms with van der Waals surface area (Å²) < 4.78 is 0. The molecular weight excluding hydrogens is 186 g/mol. The van der Waals surface area contributed by atoms with Gasteiger partial charge >= 0.3 is 5.97 Å². The van der Waals surface area contributed by atoms with Crippen molar-refractivity contribution in [3.63, 3.8) is 0 Å². The van der Waals surface area contributed by atoms with Gasteiger partial charge in [-0.1, -0.05) is 0 Å². The lowest BCUT2D eigenvalue weighted by Crippen LogP contribution is -1.95. The fraction of sp³-hybridized carbons (Fsp3) is 0. The molecule has 0 spiro atoms. The Balaban J connectivity index is 2.14. The molecule has 0 atom stereocenters. The van der Waals surface area contributed by atoms with Crippen LogP contribution < -0.4 is 5.32 Å². The molecule has 0 saturated carbocycles. The highest BCUT2D eigenvalue weighted by molar-refractivity contribution is 5.86. The van der Waals surface area contributed by atoms with E-state index in [9.17, 15) is 4.79 Å². The van der Waals surface area contributed by atoms with Crippen molar-refractivity contribution in [2.45, 2.75) is 0 Å². The highest BCUT2D eigenvalue weighted by Crippen LogP contribution is 2.11. The zero-order valence-corrected chi connectivity index (χ0v) is 6.98. The van der Waals surface area contributed by atoms with Crippen LogP contribution in [0.25, 0.3) is 0 Å². The van der Waals surface area contributed by atoms with E-state index in [0.29, 0.717) is 11.6 Å². The van der Waals surface area contributed by atoms with Crippen LogP contribution in [0.2, 0.25) is 0 Å². The second kappa shape index (κ2) is 3.21. The van der Waals surface area contributed by atoms with Gasteiger partial charge in [0, 0.05) is 12.1 Å². The number of nitrogens with one attached hydrogen (secondary N) is 3. The van der Waals surface area contributed by atoms with E-state index in [1.165, 1.54) is 6.07 Å². The highest BCUT2D eigenvalue weighted by Gasteiger charge is 2.07. The standard InChI is InChI=1S/C7H7N5O2/c13-7(14)4-3-6(12-10-4)9-5-1-2-8-11-5/h1-3H,(H,13,14)(H3,8,9,10,11,12). The Morgan fingerprint density at radius 2 is 2.36 bits per heavy atom. The summed E-state index contributed by atoms with van der Waals surface area (Å²) in [6, 6.07) is 3.10. The zero-order valence-electron chi connectivity index (χ0n) is 6.98. The van der Waals surface area contributed by atoms with Crippen LogP contribution in [0, 0.1) is 0 Å². The molecule has 0 aliphatic heterocycles. The van der Waals surface area contributed by atoms with Crippen LogP contribution in [0.4, 0.5) is 11.6 Å². The van der Waals surface area contributed by atoms with Crippen molar-refractivity contribution in [3.8, 4) is 0 Å². The molecular formula is C7H7N5O2. The number of rotatable bonds is 3. The fourth-order valence-electron chi connectivity index (χ4n) is 0.959. The number of carboxylic acids is 1. The van der Waals surface area contributed by atoms with E-state index in [1.54, 1.807) is 12.3 Å². The molecule has 0 saturated heterocycles. The van der Waals surface area contributed by atoms with Crippen LogP contribution in [0.1, 0.15) is 10.5 Å². The number of aromatic amines is 2. The van der Waals surface area contributed by atoms with Crippen molar-refractivity contribution < 1.29 is 9.90 Å². The van der Waals surface area contributed by atoms with Crippen molar-refractivity contribution in [2.75, 3.05) is 5.32 Å². The Morgan fingerprint density at radius 3 is 2.93 bits per heavy atom. The molecule has 2 aromatic rings. The molecule has 2 rings (SSSR count). The number of aromatic nitrogens is 4. The van der Waals surface area contributed by atoms with Crippen molar-refractivity contribution in [1.29, 1.82) is 0 Å². The SMILES string of the molecule is O=C(O)c1cc(Nc2ccn[nH]2)n[nH]1. The van der Waals surface area contributed by atoms with E-state index < -0.39 is 5.97 Å². The maximum atomic E-state index is 10.5. The Kier molecular flexibility index (Phi) is 1.90. The average Bonchev–Trinajstić information content (AvgIpc) is 2.75. The van der Waals surface area contributed by atoms with Crippen LogP contribution >= 0.6 is 0 Å². The number of anilines is 2. The minimum absolute atomic E-state index is 0.0343. The Bertz CT molecular complexity index is 433. The number of nitrogens with zero attached hydrogens (tertiary/aromatic N) is 2. The summed E-state index contributed by atoms with van der Waals surface area (Å²) in [5, 5.41) is 23.9. The third kappa shape index (κ3) is 1.56. The van der Waals surface area contributed by atoms with E-state index in [4.69, 9.17) is 5.11 Å². The molecule has 0 aliphatic rings. The van der Waals surface area contributed by atoms with Gasteiger partial charge in [0.15, 0.2) is 5.82 Å². The van der Waals surface area contributed by atoms with Crippen molar-refractivity contribution in [1.82, 2.24) is 20.4 Å². The first kappa shape index (κ1) is 8.30. The fourth-order valence-corrected chi connectivity index (χ4v) is 0.959. The first-order chi connectivity index (χ1) is 6.75. The van der Waals surface area contributed by atoms with Gasteiger partial charge in [-0.25, -0.2) is 4.79 Å². The van der Waals surface area contributed by atoms with E-state index >= 15 is 0 Å². The summed E-state index contributed by atoms with van der Waals surface area (Å²) in [6.07, 6.45) is 1.58. The molecule has 0 unspecified atom stereocenters. The maximum absolute atomic E-state index is 10.5. The number of hydrogen-bond acceptors (Lipinski definition) is 4. The smallest absolute Gasteiger partial charge is 0.353 e. The molecule has 0 radical (unpaired) electrons. The Morgan fingerprint density at radius 1 is 1.50 bits per heavy atom. The van der Waals surface area contributed by atoms with Crippen LogP contribution in [0.3, 0.4) is 0 Å². The molecule has 7 heteroatoms. The van der Waals surface area contributed by atoms with E-state index in [1.807, 2.05) is 0 Å². The predicted octanol–water partition coefficient (Wildman–Crippen LogP) is 0.575. The molecule has 4 N–H and O–H groups in total. The molecule has 0 fully saturated rings. The molecule has 2 aromatic heterocycles. The van der Waals surface area contributed by atoms with Gasteiger partial charge in [0.05, 0.1) is 6.20 Å². The van der Waals surface area contributed by atoms with Gasteiger partial charge in [-0.3, -0.25) is 10.2 Å². The summed E-state index contributed by atoms with van der Waals surface area (Å²) in [5.74, 6) is 0.0234. The van der Waals surface area contributed by atoms with Gasteiger partial charge in [-0.2, -0.15) is 10.2 Å².